The summed E-state index contributed by atoms with van der Waals surface area (Å²) in [5.41, 5.74) is 4.31. The molecule has 1 heterocycles. The summed E-state index contributed by atoms with van der Waals surface area (Å²) < 4.78 is 11.2. The van der Waals surface area contributed by atoms with Crippen molar-refractivity contribution in [3.8, 4) is 34.7 Å². The minimum atomic E-state index is -0.0426. The zero-order valence-electron chi connectivity index (χ0n) is 18.3. The summed E-state index contributed by atoms with van der Waals surface area (Å²) in [5, 5.41) is 19.6. The van der Waals surface area contributed by atoms with Crippen molar-refractivity contribution >= 4 is 5.91 Å². The SMILES string of the molecule is CNC(=O)CN[C@@H]1CCc2c(-c3noc(-c4ccc(OC(C)C)c(C#N)c4)n3)cccc21. The molecular weight excluding hydrogens is 406 g/mol. The lowest BCUT2D eigenvalue weighted by atomic mass is 10.0. The van der Waals surface area contributed by atoms with Gasteiger partial charge in [0.2, 0.25) is 11.7 Å². The molecule has 4 rings (SSSR count). The predicted molar refractivity (Wildman–Crippen MR) is 119 cm³/mol. The Kier molecular flexibility index (Phi) is 6.19. The van der Waals surface area contributed by atoms with E-state index in [1.54, 1.807) is 19.2 Å². The third-order valence-electron chi connectivity index (χ3n) is 5.44. The van der Waals surface area contributed by atoms with Gasteiger partial charge in [-0.25, -0.2) is 0 Å². The highest BCUT2D eigenvalue weighted by molar-refractivity contribution is 5.77. The summed E-state index contributed by atoms with van der Waals surface area (Å²) in [7, 11) is 1.63. The smallest absolute Gasteiger partial charge is 0.258 e. The maximum Gasteiger partial charge on any atom is 0.258 e. The van der Waals surface area contributed by atoms with Crippen LogP contribution in [0.25, 0.3) is 22.8 Å². The average molecular weight is 431 g/mol. The Morgan fingerprint density at radius 2 is 2.19 bits per heavy atom. The van der Waals surface area contributed by atoms with E-state index in [4.69, 9.17) is 9.26 Å². The van der Waals surface area contributed by atoms with E-state index in [2.05, 4.69) is 32.9 Å². The molecule has 1 amide bonds. The highest BCUT2D eigenvalue weighted by Crippen LogP contribution is 2.37. The molecule has 0 radical (unpaired) electrons. The number of likely N-dealkylation sites (N-methyl/N-ethyl adjacent to an activating group) is 1. The van der Waals surface area contributed by atoms with Gasteiger partial charge in [-0.15, -0.1) is 0 Å². The number of amides is 1. The Labute approximate surface area is 186 Å². The molecule has 1 aliphatic carbocycles. The fourth-order valence-electron chi connectivity index (χ4n) is 3.94. The molecule has 2 aromatic carbocycles. The molecule has 0 spiro atoms. The quantitative estimate of drug-likeness (QED) is 0.589. The first-order valence-corrected chi connectivity index (χ1v) is 10.6. The Morgan fingerprint density at radius 1 is 1.34 bits per heavy atom. The summed E-state index contributed by atoms with van der Waals surface area (Å²) in [6, 6.07) is 13.6. The molecule has 0 fully saturated rings. The molecule has 1 aliphatic rings. The molecule has 0 bridgehead atoms. The minimum Gasteiger partial charge on any atom is -0.490 e. The molecule has 0 aliphatic heterocycles. The molecule has 0 unspecified atom stereocenters. The number of hydrogen-bond donors (Lipinski definition) is 2. The van der Waals surface area contributed by atoms with E-state index >= 15 is 0 Å². The van der Waals surface area contributed by atoms with Crippen LogP contribution in [0.2, 0.25) is 0 Å². The Morgan fingerprint density at radius 3 is 2.94 bits per heavy atom. The molecule has 2 N–H and O–H groups in total. The lowest BCUT2D eigenvalue weighted by Crippen LogP contribution is -2.33. The molecule has 32 heavy (non-hydrogen) atoms. The molecule has 1 aromatic heterocycles. The van der Waals surface area contributed by atoms with Crippen molar-refractivity contribution in [1.82, 2.24) is 20.8 Å². The normalized spacial score (nSPS) is 14.8. The van der Waals surface area contributed by atoms with Gasteiger partial charge >= 0.3 is 0 Å². The van der Waals surface area contributed by atoms with Crippen molar-refractivity contribution in [2.75, 3.05) is 13.6 Å². The van der Waals surface area contributed by atoms with Crippen LogP contribution in [0.4, 0.5) is 0 Å². The Bertz CT molecular complexity index is 1180. The van der Waals surface area contributed by atoms with Gasteiger partial charge in [0, 0.05) is 24.2 Å². The zero-order valence-corrected chi connectivity index (χ0v) is 18.3. The Balaban J connectivity index is 1.60. The standard InChI is InChI=1S/C24H25N5O3/c1-14(2)31-21-10-7-15(11-16(21)12-25)24-28-23(29-32-24)19-6-4-5-18-17(19)8-9-20(18)27-13-22(30)26-3/h4-7,10-11,14,20,27H,8-9,13H2,1-3H3,(H,26,30)/t20-/m1/s1. The van der Waals surface area contributed by atoms with E-state index in [1.165, 1.54) is 0 Å². The van der Waals surface area contributed by atoms with Crippen LogP contribution in [0.5, 0.6) is 5.75 Å². The Hall–Kier alpha value is -3.70. The van der Waals surface area contributed by atoms with Gasteiger partial charge in [-0.3, -0.25) is 4.79 Å². The second-order valence-corrected chi connectivity index (χ2v) is 7.93. The van der Waals surface area contributed by atoms with E-state index in [1.807, 2.05) is 32.0 Å². The fraction of sp³-hybridized carbons (Fsp3) is 0.333. The third-order valence-corrected chi connectivity index (χ3v) is 5.44. The fourth-order valence-corrected chi connectivity index (χ4v) is 3.94. The highest BCUT2D eigenvalue weighted by atomic mass is 16.5. The number of nitriles is 1. The van der Waals surface area contributed by atoms with Crippen LogP contribution >= 0.6 is 0 Å². The summed E-state index contributed by atoms with van der Waals surface area (Å²) in [5.74, 6) is 1.34. The first-order chi connectivity index (χ1) is 15.5. The van der Waals surface area contributed by atoms with Gasteiger partial charge in [-0.1, -0.05) is 23.4 Å². The van der Waals surface area contributed by atoms with Crippen molar-refractivity contribution in [2.45, 2.75) is 38.8 Å². The van der Waals surface area contributed by atoms with Crippen molar-refractivity contribution in [3.05, 3.63) is 53.1 Å². The molecule has 0 saturated heterocycles. The molecule has 8 nitrogen and oxygen atoms in total. The highest BCUT2D eigenvalue weighted by Gasteiger charge is 2.26. The summed E-state index contributed by atoms with van der Waals surface area (Å²) in [4.78, 5) is 16.2. The second-order valence-electron chi connectivity index (χ2n) is 7.93. The number of carbonyl (C=O) groups excluding carboxylic acids is 1. The molecule has 1 atom stereocenters. The molecule has 8 heteroatoms. The first-order valence-electron chi connectivity index (χ1n) is 10.6. The van der Waals surface area contributed by atoms with Gasteiger partial charge in [0.1, 0.15) is 11.8 Å². The number of rotatable bonds is 7. The van der Waals surface area contributed by atoms with E-state index in [-0.39, 0.29) is 24.6 Å². The molecule has 0 saturated carbocycles. The minimum absolute atomic E-state index is 0.0298. The van der Waals surface area contributed by atoms with Crippen LogP contribution in [0.1, 0.15) is 43.0 Å². The van der Waals surface area contributed by atoms with Gasteiger partial charge in [0.25, 0.3) is 5.89 Å². The van der Waals surface area contributed by atoms with Gasteiger partial charge in [0.15, 0.2) is 0 Å². The third kappa shape index (κ3) is 4.34. The van der Waals surface area contributed by atoms with E-state index < -0.39 is 0 Å². The van der Waals surface area contributed by atoms with Crippen LogP contribution < -0.4 is 15.4 Å². The van der Waals surface area contributed by atoms with Crippen LogP contribution in [0, 0.1) is 11.3 Å². The van der Waals surface area contributed by atoms with Crippen LogP contribution in [-0.4, -0.2) is 35.7 Å². The number of nitrogens with zero attached hydrogens (tertiary/aromatic N) is 3. The van der Waals surface area contributed by atoms with Crippen LogP contribution in [0.15, 0.2) is 40.9 Å². The van der Waals surface area contributed by atoms with Crippen molar-refractivity contribution in [3.63, 3.8) is 0 Å². The number of fused-ring (bicyclic) bond motifs is 1. The number of carbonyl (C=O) groups is 1. The lowest BCUT2D eigenvalue weighted by molar-refractivity contribution is -0.119. The van der Waals surface area contributed by atoms with Gasteiger partial charge in [-0.05, 0) is 56.0 Å². The molecule has 3 aromatic rings. The van der Waals surface area contributed by atoms with Crippen LogP contribution in [0.3, 0.4) is 0 Å². The van der Waals surface area contributed by atoms with E-state index in [9.17, 15) is 10.1 Å². The van der Waals surface area contributed by atoms with E-state index in [0.29, 0.717) is 28.6 Å². The van der Waals surface area contributed by atoms with Gasteiger partial charge in [-0.2, -0.15) is 10.2 Å². The lowest BCUT2D eigenvalue weighted by Gasteiger charge is -2.13. The number of ether oxygens (including phenoxy) is 1. The second kappa shape index (κ2) is 9.20. The largest absolute Gasteiger partial charge is 0.490 e. The van der Waals surface area contributed by atoms with Gasteiger partial charge in [0.05, 0.1) is 18.2 Å². The maximum atomic E-state index is 11.6. The van der Waals surface area contributed by atoms with Crippen molar-refractivity contribution in [1.29, 1.82) is 5.26 Å². The zero-order chi connectivity index (χ0) is 22.7. The number of aromatic nitrogens is 2. The number of hydrogen-bond acceptors (Lipinski definition) is 7. The monoisotopic (exact) mass is 431 g/mol. The van der Waals surface area contributed by atoms with Crippen LogP contribution in [-0.2, 0) is 11.2 Å². The topological polar surface area (TPSA) is 113 Å². The summed E-state index contributed by atoms with van der Waals surface area (Å²) >= 11 is 0. The van der Waals surface area contributed by atoms with E-state index in [0.717, 1.165) is 29.5 Å². The average Bonchev–Trinajstić information content (AvgIpc) is 3.44. The van der Waals surface area contributed by atoms with Crippen molar-refractivity contribution in [2.24, 2.45) is 0 Å². The number of benzene rings is 2. The molecule has 164 valence electrons. The summed E-state index contributed by atoms with van der Waals surface area (Å²) in [6.45, 7) is 4.10. The molecular formula is C24H25N5O3. The van der Waals surface area contributed by atoms with Gasteiger partial charge < -0.3 is 19.9 Å². The number of nitrogens with one attached hydrogen (secondary N) is 2. The summed E-state index contributed by atoms with van der Waals surface area (Å²) in [6.07, 6.45) is 1.73. The predicted octanol–water partition coefficient (Wildman–Crippen LogP) is 3.39. The first kappa shape index (κ1) is 21.5. The van der Waals surface area contributed by atoms with Crippen molar-refractivity contribution < 1.29 is 14.1 Å². The maximum absolute atomic E-state index is 11.6.